The van der Waals surface area contributed by atoms with E-state index in [2.05, 4.69) is 10.3 Å². The van der Waals surface area contributed by atoms with E-state index in [1.54, 1.807) is 31.2 Å². The molecule has 1 amide bonds. The Kier molecular flexibility index (Phi) is 4.67. The SMILES string of the molecule is Cc1nc(NC(=O)[C@@H](C)Oc2ccccc2)ccc1[N+](=O)[O-]. The minimum Gasteiger partial charge on any atom is -0.481 e. The zero-order chi connectivity index (χ0) is 16.1. The van der Waals surface area contributed by atoms with Crippen LogP contribution in [0.15, 0.2) is 42.5 Å². The normalized spacial score (nSPS) is 11.5. The number of para-hydroxylation sites is 1. The first-order valence-corrected chi connectivity index (χ1v) is 6.62. The summed E-state index contributed by atoms with van der Waals surface area (Å²) in [5.41, 5.74) is 0.144. The van der Waals surface area contributed by atoms with Crippen molar-refractivity contribution < 1.29 is 14.5 Å². The van der Waals surface area contributed by atoms with Gasteiger partial charge in [0.1, 0.15) is 17.3 Å². The summed E-state index contributed by atoms with van der Waals surface area (Å²) in [7, 11) is 0. The van der Waals surface area contributed by atoms with Crippen LogP contribution in [0.3, 0.4) is 0 Å². The van der Waals surface area contributed by atoms with Crippen LogP contribution in [0.25, 0.3) is 0 Å². The van der Waals surface area contributed by atoms with Gasteiger partial charge in [0.15, 0.2) is 6.10 Å². The van der Waals surface area contributed by atoms with Crippen molar-refractivity contribution in [1.82, 2.24) is 4.98 Å². The van der Waals surface area contributed by atoms with E-state index >= 15 is 0 Å². The van der Waals surface area contributed by atoms with Gasteiger partial charge in [0.25, 0.3) is 11.6 Å². The van der Waals surface area contributed by atoms with E-state index in [1.165, 1.54) is 19.1 Å². The van der Waals surface area contributed by atoms with Gasteiger partial charge in [-0.05, 0) is 32.0 Å². The molecule has 0 aliphatic rings. The highest BCUT2D eigenvalue weighted by Crippen LogP contribution is 2.18. The van der Waals surface area contributed by atoms with Crippen molar-refractivity contribution in [2.24, 2.45) is 0 Å². The van der Waals surface area contributed by atoms with Crippen molar-refractivity contribution in [3.8, 4) is 5.75 Å². The van der Waals surface area contributed by atoms with Gasteiger partial charge in [0.2, 0.25) is 0 Å². The maximum atomic E-state index is 12.0. The van der Waals surface area contributed by atoms with Gasteiger partial charge in [-0.25, -0.2) is 4.98 Å². The molecule has 0 radical (unpaired) electrons. The summed E-state index contributed by atoms with van der Waals surface area (Å²) >= 11 is 0. The fourth-order valence-electron chi connectivity index (χ4n) is 1.80. The molecule has 1 atom stereocenters. The third-order valence-corrected chi connectivity index (χ3v) is 2.93. The van der Waals surface area contributed by atoms with Gasteiger partial charge in [0.05, 0.1) is 4.92 Å². The van der Waals surface area contributed by atoms with Crippen LogP contribution < -0.4 is 10.1 Å². The summed E-state index contributed by atoms with van der Waals surface area (Å²) in [5, 5.41) is 13.3. The van der Waals surface area contributed by atoms with Crippen LogP contribution in [0.2, 0.25) is 0 Å². The summed E-state index contributed by atoms with van der Waals surface area (Å²) in [6, 6.07) is 11.7. The van der Waals surface area contributed by atoms with Gasteiger partial charge < -0.3 is 10.1 Å². The third kappa shape index (κ3) is 3.78. The number of amides is 1. The number of aromatic nitrogens is 1. The number of nitrogens with zero attached hydrogens (tertiary/aromatic N) is 2. The second kappa shape index (κ2) is 6.66. The number of nitro groups is 1. The average Bonchev–Trinajstić information content (AvgIpc) is 2.47. The lowest BCUT2D eigenvalue weighted by Gasteiger charge is -2.14. The van der Waals surface area contributed by atoms with Crippen molar-refractivity contribution in [3.05, 3.63) is 58.3 Å². The predicted molar refractivity (Wildman–Crippen MR) is 80.8 cm³/mol. The molecule has 1 heterocycles. The molecule has 22 heavy (non-hydrogen) atoms. The standard InChI is InChI=1S/C15H15N3O4/c1-10-13(18(20)21)8-9-14(16-10)17-15(19)11(2)22-12-6-4-3-5-7-12/h3-9,11H,1-2H3,(H,16,17,19)/t11-/m1/s1. The van der Waals surface area contributed by atoms with E-state index in [0.717, 1.165) is 0 Å². The van der Waals surface area contributed by atoms with Gasteiger partial charge in [-0.15, -0.1) is 0 Å². The van der Waals surface area contributed by atoms with Gasteiger partial charge >= 0.3 is 0 Å². The third-order valence-electron chi connectivity index (χ3n) is 2.93. The Bertz CT molecular complexity index is 688. The smallest absolute Gasteiger partial charge is 0.290 e. The highest BCUT2D eigenvalue weighted by molar-refractivity contribution is 5.93. The van der Waals surface area contributed by atoms with Gasteiger partial charge in [-0.2, -0.15) is 0 Å². The average molecular weight is 301 g/mol. The molecule has 1 N–H and O–H groups in total. The number of hydrogen-bond acceptors (Lipinski definition) is 5. The Morgan fingerprint density at radius 1 is 1.27 bits per heavy atom. The molecule has 0 unspecified atom stereocenters. The summed E-state index contributed by atoms with van der Waals surface area (Å²) < 4.78 is 5.49. The number of carbonyl (C=O) groups excluding carboxylic acids is 1. The largest absolute Gasteiger partial charge is 0.481 e. The van der Waals surface area contributed by atoms with Gasteiger partial charge in [-0.1, -0.05) is 18.2 Å². The Balaban J connectivity index is 2.02. The van der Waals surface area contributed by atoms with Crippen molar-refractivity contribution in [3.63, 3.8) is 0 Å². The number of aryl methyl sites for hydroxylation is 1. The maximum absolute atomic E-state index is 12.0. The van der Waals surface area contributed by atoms with Crippen LogP contribution in [-0.2, 0) is 4.79 Å². The van der Waals surface area contributed by atoms with Crippen LogP contribution >= 0.6 is 0 Å². The first kappa shape index (κ1) is 15.4. The molecule has 1 aromatic carbocycles. The Labute approximate surface area is 127 Å². The molecular weight excluding hydrogens is 286 g/mol. The molecule has 2 rings (SSSR count). The van der Waals surface area contributed by atoms with Crippen molar-refractivity contribution in [2.45, 2.75) is 20.0 Å². The van der Waals surface area contributed by atoms with E-state index in [-0.39, 0.29) is 23.1 Å². The summed E-state index contributed by atoms with van der Waals surface area (Å²) in [6.45, 7) is 3.12. The predicted octanol–water partition coefficient (Wildman–Crippen LogP) is 2.70. The molecule has 0 aliphatic heterocycles. The van der Waals surface area contributed by atoms with Crippen LogP contribution in [-0.4, -0.2) is 21.9 Å². The monoisotopic (exact) mass is 301 g/mol. The Morgan fingerprint density at radius 2 is 1.95 bits per heavy atom. The molecule has 0 fully saturated rings. The van der Waals surface area contributed by atoms with E-state index in [0.29, 0.717) is 5.75 Å². The number of benzene rings is 1. The van der Waals surface area contributed by atoms with Crippen LogP contribution in [0.1, 0.15) is 12.6 Å². The highest BCUT2D eigenvalue weighted by atomic mass is 16.6. The molecule has 0 aliphatic carbocycles. The second-order valence-electron chi connectivity index (χ2n) is 4.62. The van der Waals surface area contributed by atoms with Crippen LogP contribution in [0.5, 0.6) is 5.75 Å². The summed E-state index contributed by atoms with van der Waals surface area (Å²) in [5.74, 6) is 0.444. The second-order valence-corrected chi connectivity index (χ2v) is 4.62. The Morgan fingerprint density at radius 3 is 2.55 bits per heavy atom. The van der Waals surface area contributed by atoms with Gasteiger partial charge in [-0.3, -0.25) is 14.9 Å². The molecule has 7 nitrogen and oxygen atoms in total. The lowest BCUT2D eigenvalue weighted by atomic mass is 10.3. The van der Waals surface area contributed by atoms with Crippen molar-refractivity contribution in [2.75, 3.05) is 5.32 Å². The minimum absolute atomic E-state index is 0.0911. The summed E-state index contributed by atoms with van der Waals surface area (Å²) in [4.78, 5) is 26.2. The zero-order valence-electron chi connectivity index (χ0n) is 12.1. The van der Waals surface area contributed by atoms with Crippen LogP contribution in [0.4, 0.5) is 11.5 Å². The van der Waals surface area contributed by atoms with Crippen molar-refractivity contribution >= 4 is 17.4 Å². The van der Waals surface area contributed by atoms with Crippen molar-refractivity contribution in [1.29, 1.82) is 0 Å². The minimum atomic E-state index is -0.723. The molecule has 7 heteroatoms. The first-order valence-electron chi connectivity index (χ1n) is 6.62. The quantitative estimate of drug-likeness (QED) is 0.676. The Hall–Kier alpha value is -2.96. The molecule has 2 aromatic rings. The van der Waals surface area contributed by atoms with Gasteiger partial charge in [0, 0.05) is 6.07 Å². The molecule has 0 bridgehead atoms. The van der Waals surface area contributed by atoms with E-state index in [4.69, 9.17) is 4.74 Å². The molecule has 1 aromatic heterocycles. The topological polar surface area (TPSA) is 94.4 Å². The van der Waals surface area contributed by atoms with E-state index in [9.17, 15) is 14.9 Å². The number of hydrogen-bond donors (Lipinski definition) is 1. The molecule has 0 saturated carbocycles. The molecule has 0 saturated heterocycles. The number of anilines is 1. The highest BCUT2D eigenvalue weighted by Gasteiger charge is 2.17. The number of nitrogens with one attached hydrogen (secondary N) is 1. The molecular formula is C15H15N3O4. The lowest BCUT2D eigenvalue weighted by molar-refractivity contribution is -0.385. The van der Waals surface area contributed by atoms with E-state index in [1.807, 2.05) is 6.07 Å². The zero-order valence-corrected chi connectivity index (χ0v) is 12.1. The fraction of sp³-hybridized carbons (Fsp3) is 0.200. The molecule has 114 valence electrons. The lowest BCUT2D eigenvalue weighted by Crippen LogP contribution is -2.30. The van der Waals surface area contributed by atoms with Crippen LogP contribution in [0, 0.1) is 17.0 Å². The number of rotatable bonds is 5. The molecule has 0 spiro atoms. The van der Waals surface area contributed by atoms with E-state index < -0.39 is 11.0 Å². The number of carbonyl (C=O) groups is 1. The number of pyridine rings is 1. The first-order chi connectivity index (χ1) is 10.5. The maximum Gasteiger partial charge on any atom is 0.290 e. The fourth-order valence-corrected chi connectivity index (χ4v) is 1.80. The number of ether oxygens (including phenoxy) is 1. The summed E-state index contributed by atoms with van der Waals surface area (Å²) in [6.07, 6.45) is -0.723.